The standard InChI is InChI=1S/C27H34N2O6/c1-6-28(17-18(2)27(32)35-5)26(31)23-15-16-24(30)29(20-9-13-22(34-4)14-10-20)25(23)19-7-11-21(33-3)12-8-19/h7-14,18,23,25H,6,15-17H2,1-5H3. The summed E-state index contributed by atoms with van der Waals surface area (Å²) in [5, 5.41) is 0. The predicted octanol–water partition coefficient (Wildman–Crippen LogP) is 3.85. The summed E-state index contributed by atoms with van der Waals surface area (Å²) in [6, 6.07) is 14.2. The highest BCUT2D eigenvalue weighted by Crippen LogP contribution is 2.41. The molecule has 1 saturated heterocycles. The van der Waals surface area contributed by atoms with Gasteiger partial charge in [-0.2, -0.15) is 0 Å². The first-order chi connectivity index (χ1) is 16.8. The molecule has 0 spiro atoms. The highest BCUT2D eigenvalue weighted by Gasteiger charge is 2.43. The number of carbonyl (C=O) groups is 3. The first-order valence-corrected chi connectivity index (χ1v) is 11.8. The molecule has 1 heterocycles. The summed E-state index contributed by atoms with van der Waals surface area (Å²) in [6.45, 7) is 4.34. The zero-order valence-electron chi connectivity index (χ0n) is 21.0. The molecule has 2 amide bonds. The lowest BCUT2D eigenvalue weighted by molar-refractivity contribution is -0.147. The fourth-order valence-corrected chi connectivity index (χ4v) is 4.60. The van der Waals surface area contributed by atoms with Crippen molar-refractivity contribution in [3.8, 4) is 11.5 Å². The van der Waals surface area contributed by atoms with Crippen LogP contribution in [0.15, 0.2) is 48.5 Å². The van der Waals surface area contributed by atoms with Gasteiger partial charge in [-0.15, -0.1) is 0 Å². The maximum atomic E-state index is 13.9. The summed E-state index contributed by atoms with van der Waals surface area (Å²) in [6.07, 6.45) is 0.670. The second kappa shape index (κ2) is 11.7. The quantitative estimate of drug-likeness (QED) is 0.505. The molecular formula is C27H34N2O6. The number of nitrogens with zero attached hydrogens (tertiary/aromatic N) is 2. The van der Waals surface area contributed by atoms with E-state index in [1.807, 2.05) is 43.3 Å². The Labute approximate surface area is 206 Å². The van der Waals surface area contributed by atoms with Crippen molar-refractivity contribution in [1.82, 2.24) is 4.90 Å². The topological polar surface area (TPSA) is 85.4 Å². The third-order valence-corrected chi connectivity index (χ3v) is 6.51. The van der Waals surface area contributed by atoms with Gasteiger partial charge in [-0.1, -0.05) is 19.1 Å². The Bertz CT molecular complexity index is 1020. The van der Waals surface area contributed by atoms with Gasteiger partial charge in [0.2, 0.25) is 11.8 Å². The Morgan fingerprint density at radius 1 is 1.00 bits per heavy atom. The van der Waals surface area contributed by atoms with Gasteiger partial charge in [-0.3, -0.25) is 14.4 Å². The maximum Gasteiger partial charge on any atom is 0.310 e. The number of ether oxygens (including phenoxy) is 3. The average molecular weight is 483 g/mol. The fraction of sp³-hybridized carbons (Fsp3) is 0.444. The van der Waals surface area contributed by atoms with Crippen LogP contribution in [0.2, 0.25) is 0 Å². The van der Waals surface area contributed by atoms with Crippen LogP contribution in [0.25, 0.3) is 0 Å². The van der Waals surface area contributed by atoms with E-state index in [-0.39, 0.29) is 30.7 Å². The molecule has 0 saturated carbocycles. The molecule has 3 rings (SSSR count). The minimum Gasteiger partial charge on any atom is -0.497 e. The number of anilines is 1. The van der Waals surface area contributed by atoms with E-state index >= 15 is 0 Å². The van der Waals surface area contributed by atoms with Crippen LogP contribution in [-0.2, 0) is 19.1 Å². The first-order valence-electron chi connectivity index (χ1n) is 11.8. The predicted molar refractivity (Wildman–Crippen MR) is 132 cm³/mol. The van der Waals surface area contributed by atoms with Crippen molar-refractivity contribution in [2.75, 3.05) is 39.3 Å². The molecule has 0 aliphatic carbocycles. The minimum atomic E-state index is -0.509. The van der Waals surface area contributed by atoms with E-state index < -0.39 is 17.9 Å². The third kappa shape index (κ3) is 5.75. The largest absolute Gasteiger partial charge is 0.497 e. The van der Waals surface area contributed by atoms with Gasteiger partial charge in [0.15, 0.2) is 0 Å². The first kappa shape index (κ1) is 26.1. The van der Waals surface area contributed by atoms with Crippen molar-refractivity contribution >= 4 is 23.5 Å². The monoisotopic (exact) mass is 482 g/mol. The Kier molecular flexibility index (Phi) is 8.73. The molecule has 188 valence electrons. The van der Waals surface area contributed by atoms with Gasteiger partial charge < -0.3 is 24.0 Å². The van der Waals surface area contributed by atoms with Crippen molar-refractivity contribution in [3.63, 3.8) is 0 Å². The fourth-order valence-electron chi connectivity index (χ4n) is 4.60. The zero-order valence-corrected chi connectivity index (χ0v) is 21.0. The average Bonchev–Trinajstić information content (AvgIpc) is 2.90. The lowest BCUT2D eigenvalue weighted by Gasteiger charge is -2.42. The van der Waals surface area contributed by atoms with E-state index in [0.717, 1.165) is 5.56 Å². The molecule has 0 N–H and O–H groups in total. The van der Waals surface area contributed by atoms with Crippen molar-refractivity contribution in [2.45, 2.75) is 32.7 Å². The zero-order chi connectivity index (χ0) is 25.5. The van der Waals surface area contributed by atoms with E-state index in [1.165, 1.54) is 7.11 Å². The van der Waals surface area contributed by atoms with Crippen LogP contribution in [0.1, 0.15) is 38.3 Å². The van der Waals surface area contributed by atoms with Crippen molar-refractivity contribution in [1.29, 1.82) is 0 Å². The molecule has 1 aliphatic heterocycles. The second-order valence-corrected chi connectivity index (χ2v) is 8.63. The molecule has 1 fully saturated rings. The van der Waals surface area contributed by atoms with Crippen LogP contribution >= 0.6 is 0 Å². The number of carbonyl (C=O) groups excluding carboxylic acids is 3. The Hall–Kier alpha value is -3.55. The van der Waals surface area contributed by atoms with Crippen molar-refractivity contribution in [2.24, 2.45) is 11.8 Å². The van der Waals surface area contributed by atoms with Gasteiger partial charge in [-0.05, 0) is 55.3 Å². The maximum absolute atomic E-state index is 13.9. The van der Waals surface area contributed by atoms with Gasteiger partial charge in [0.05, 0.1) is 39.2 Å². The summed E-state index contributed by atoms with van der Waals surface area (Å²) in [4.78, 5) is 42.5. The van der Waals surface area contributed by atoms with Gasteiger partial charge in [0.25, 0.3) is 0 Å². The highest BCUT2D eigenvalue weighted by atomic mass is 16.5. The van der Waals surface area contributed by atoms with Crippen LogP contribution in [0.3, 0.4) is 0 Å². The molecule has 35 heavy (non-hydrogen) atoms. The number of rotatable bonds is 9. The smallest absolute Gasteiger partial charge is 0.310 e. The van der Waals surface area contributed by atoms with Crippen LogP contribution in [0.5, 0.6) is 11.5 Å². The number of hydrogen-bond donors (Lipinski definition) is 0. The Morgan fingerprint density at radius 3 is 2.09 bits per heavy atom. The number of hydrogen-bond acceptors (Lipinski definition) is 6. The molecule has 8 nitrogen and oxygen atoms in total. The van der Waals surface area contributed by atoms with Gasteiger partial charge in [0.1, 0.15) is 11.5 Å². The molecular weight excluding hydrogens is 448 g/mol. The van der Waals surface area contributed by atoms with Crippen LogP contribution in [-0.4, -0.2) is 57.1 Å². The van der Waals surface area contributed by atoms with Crippen LogP contribution in [0.4, 0.5) is 5.69 Å². The SMILES string of the molecule is CCN(CC(C)C(=O)OC)C(=O)C1CCC(=O)N(c2ccc(OC)cc2)C1c1ccc(OC)cc1. The van der Waals surface area contributed by atoms with E-state index in [4.69, 9.17) is 14.2 Å². The number of methoxy groups -OCH3 is 3. The van der Waals surface area contributed by atoms with E-state index in [2.05, 4.69) is 0 Å². The molecule has 3 unspecified atom stereocenters. The van der Waals surface area contributed by atoms with E-state index in [1.54, 1.807) is 43.1 Å². The summed E-state index contributed by atoms with van der Waals surface area (Å²) in [7, 11) is 4.53. The van der Waals surface area contributed by atoms with Gasteiger partial charge >= 0.3 is 5.97 Å². The summed E-state index contributed by atoms with van der Waals surface area (Å²) >= 11 is 0. The molecule has 0 aromatic heterocycles. The molecule has 0 bridgehead atoms. The van der Waals surface area contributed by atoms with Crippen molar-refractivity contribution in [3.05, 3.63) is 54.1 Å². The molecule has 2 aromatic rings. The second-order valence-electron chi connectivity index (χ2n) is 8.63. The molecule has 0 radical (unpaired) electrons. The lowest BCUT2D eigenvalue weighted by atomic mass is 9.82. The Balaban J connectivity index is 2.02. The summed E-state index contributed by atoms with van der Waals surface area (Å²) in [5.41, 5.74) is 1.53. The minimum absolute atomic E-state index is 0.0500. The summed E-state index contributed by atoms with van der Waals surface area (Å²) < 4.78 is 15.4. The normalized spacial score (nSPS) is 18.5. The number of piperidine rings is 1. The molecule has 2 aromatic carbocycles. The third-order valence-electron chi connectivity index (χ3n) is 6.51. The lowest BCUT2D eigenvalue weighted by Crippen LogP contribution is -2.50. The number of benzene rings is 2. The van der Waals surface area contributed by atoms with E-state index in [9.17, 15) is 14.4 Å². The highest BCUT2D eigenvalue weighted by molar-refractivity contribution is 5.97. The van der Waals surface area contributed by atoms with Crippen LogP contribution < -0.4 is 14.4 Å². The van der Waals surface area contributed by atoms with E-state index in [0.29, 0.717) is 30.2 Å². The number of esters is 1. The Morgan fingerprint density at radius 2 is 1.57 bits per heavy atom. The summed E-state index contributed by atoms with van der Waals surface area (Å²) in [5.74, 6) is -0.0559. The van der Waals surface area contributed by atoms with Crippen LogP contribution in [0, 0.1) is 11.8 Å². The molecule has 8 heteroatoms. The van der Waals surface area contributed by atoms with Gasteiger partial charge in [-0.25, -0.2) is 0 Å². The molecule has 1 aliphatic rings. The van der Waals surface area contributed by atoms with Gasteiger partial charge in [0, 0.05) is 25.2 Å². The van der Waals surface area contributed by atoms with Crippen molar-refractivity contribution < 1.29 is 28.6 Å². The number of amides is 2. The molecule has 3 atom stereocenters.